The van der Waals surface area contributed by atoms with Crippen molar-refractivity contribution in [2.24, 2.45) is 0 Å². The lowest BCUT2D eigenvalue weighted by molar-refractivity contribution is 0.181. The normalized spacial score (nSPS) is 11.3. The van der Waals surface area contributed by atoms with Gasteiger partial charge in [-0.05, 0) is 26.8 Å². The van der Waals surface area contributed by atoms with Crippen LogP contribution >= 0.6 is 11.3 Å². The van der Waals surface area contributed by atoms with E-state index in [0.717, 1.165) is 36.9 Å². The lowest BCUT2D eigenvalue weighted by Gasteiger charge is -2.25. The number of hydrogen-bond donors (Lipinski definition) is 1. The summed E-state index contributed by atoms with van der Waals surface area (Å²) in [5, 5.41) is 4.50. The van der Waals surface area contributed by atoms with Crippen molar-refractivity contribution in [3.63, 3.8) is 0 Å². The lowest BCUT2D eigenvalue weighted by Crippen LogP contribution is -2.33. The Hall–Kier alpha value is -0.690. The van der Waals surface area contributed by atoms with Crippen LogP contribution in [0, 0.1) is 0 Å². The van der Waals surface area contributed by atoms with Gasteiger partial charge in [-0.25, -0.2) is 4.98 Å². The van der Waals surface area contributed by atoms with Crippen molar-refractivity contribution in [2.45, 2.75) is 46.4 Å². The molecule has 0 aliphatic heterocycles. The van der Waals surface area contributed by atoms with E-state index in [4.69, 9.17) is 14.5 Å². The fourth-order valence-corrected chi connectivity index (χ4v) is 3.22. The molecular formula is C15H29N3O2S. The van der Waals surface area contributed by atoms with Gasteiger partial charge >= 0.3 is 0 Å². The van der Waals surface area contributed by atoms with Crippen LogP contribution in [0.2, 0.25) is 0 Å². The minimum absolute atomic E-state index is 0.401. The molecule has 6 heteroatoms. The highest BCUT2D eigenvalue weighted by molar-refractivity contribution is 7.15. The van der Waals surface area contributed by atoms with E-state index in [1.165, 1.54) is 4.88 Å². The Balaban J connectivity index is 2.86. The second-order valence-corrected chi connectivity index (χ2v) is 6.32. The molecule has 0 amide bonds. The van der Waals surface area contributed by atoms with Gasteiger partial charge in [0.05, 0.1) is 18.9 Å². The van der Waals surface area contributed by atoms with Crippen molar-refractivity contribution in [3.8, 4) is 0 Å². The van der Waals surface area contributed by atoms with Crippen molar-refractivity contribution in [1.29, 1.82) is 0 Å². The number of aromatic nitrogens is 1. The predicted molar refractivity (Wildman–Crippen MR) is 89.2 cm³/mol. The molecule has 0 aliphatic carbocycles. The minimum atomic E-state index is 0.401. The molecule has 122 valence electrons. The smallest absolute Gasteiger partial charge is 0.186 e. The van der Waals surface area contributed by atoms with Gasteiger partial charge < -0.3 is 19.7 Å². The number of rotatable bonds is 11. The van der Waals surface area contributed by atoms with Gasteiger partial charge in [-0.2, -0.15) is 0 Å². The van der Waals surface area contributed by atoms with Crippen LogP contribution in [0.25, 0.3) is 0 Å². The van der Waals surface area contributed by atoms with E-state index in [1.54, 1.807) is 25.6 Å². The van der Waals surface area contributed by atoms with Crippen LogP contribution in [0.1, 0.15) is 37.8 Å². The first-order valence-corrected chi connectivity index (χ1v) is 8.39. The standard InChI is InChI=1S/C15H29N3O2S/c1-6-7-16-10-14-13(11-20-5)17-15(21-14)18(12(2)3)8-9-19-4/h12,16H,6-11H2,1-5H3. The molecule has 1 aromatic rings. The molecule has 21 heavy (non-hydrogen) atoms. The number of thiazole rings is 1. The van der Waals surface area contributed by atoms with Gasteiger partial charge in [0.15, 0.2) is 5.13 Å². The zero-order chi connectivity index (χ0) is 15.7. The van der Waals surface area contributed by atoms with E-state index in [1.807, 2.05) is 0 Å². The minimum Gasteiger partial charge on any atom is -0.383 e. The molecule has 0 bridgehead atoms. The summed E-state index contributed by atoms with van der Waals surface area (Å²) in [5.41, 5.74) is 1.05. The maximum atomic E-state index is 5.28. The van der Waals surface area contributed by atoms with Gasteiger partial charge in [0.2, 0.25) is 0 Å². The van der Waals surface area contributed by atoms with Crippen molar-refractivity contribution in [3.05, 3.63) is 10.6 Å². The first-order chi connectivity index (χ1) is 10.1. The van der Waals surface area contributed by atoms with Crippen LogP contribution in [0.15, 0.2) is 0 Å². The average Bonchev–Trinajstić information content (AvgIpc) is 2.83. The fraction of sp³-hybridized carbons (Fsp3) is 0.800. The molecule has 0 fully saturated rings. The summed E-state index contributed by atoms with van der Waals surface area (Å²) >= 11 is 1.75. The van der Waals surface area contributed by atoms with Crippen LogP contribution in [0.5, 0.6) is 0 Å². The molecule has 0 aromatic carbocycles. The average molecular weight is 315 g/mol. The first-order valence-electron chi connectivity index (χ1n) is 7.57. The van der Waals surface area contributed by atoms with Crippen molar-refractivity contribution in [1.82, 2.24) is 10.3 Å². The summed E-state index contributed by atoms with van der Waals surface area (Å²) in [6, 6.07) is 0.401. The van der Waals surface area contributed by atoms with E-state index in [-0.39, 0.29) is 0 Å². The molecule has 0 atom stereocenters. The number of anilines is 1. The van der Waals surface area contributed by atoms with Gasteiger partial charge in [-0.3, -0.25) is 0 Å². The summed E-state index contributed by atoms with van der Waals surface area (Å²) in [5.74, 6) is 0. The fourth-order valence-electron chi connectivity index (χ4n) is 2.02. The van der Waals surface area contributed by atoms with Crippen molar-refractivity contribution < 1.29 is 9.47 Å². The molecule has 0 aliphatic rings. The Morgan fingerprint density at radius 3 is 2.62 bits per heavy atom. The second kappa shape index (κ2) is 10.1. The largest absolute Gasteiger partial charge is 0.383 e. The highest BCUT2D eigenvalue weighted by Crippen LogP contribution is 2.28. The Bertz CT molecular complexity index is 396. The van der Waals surface area contributed by atoms with E-state index in [0.29, 0.717) is 19.3 Å². The molecule has 1 heterocycles. The Morgan fingerprint density at radius 2 is 2.05 bits per heavy atom. The number of ether oxygens (including phenoxy) is 2. The number of hydrogen-bond acceptors (Lipinski definition) is 6. The van der Waals surface area contributed by atoms with Gasteiger partial charge in [-0.1, -0.05) is 6.92 Å². The first kappa shape index (κ1) is 18.4. The third-order valence-corrected chi connectivity index (χ3v) is 4.30. The van der Waals surface area contributed by atoms with E-state index >= 15 is 0 Å². The highest BCUT2D eigenvalue weighted by atomic mass is 32.1. The van der Waals surface area contributed by atoms with E-state index in [2.05, 4.69) is 31.0 Å². The predicted octanol–water partition coefficient (Wildman–Crippen LogP) is 2.65. The molecule has 0 unspecified atom stereocenters. The molecular weight excluding hydrogens is 286 g/mol. The number of nitrogens with one attached hydrogen (secondary N) is 1. The third kappa shape index (κ3) is 5.90. The molecule has 1 N–H and O–H groups in total. The van der Waals surface area contributed by atoms with Gasteiger partial charge in [0.1, 0.15) is 0 Å². The Labute approximate surface area is 132 Å². The van der Waals surface area contributed by atoms with Gasteiger partial charge in [-0.15, -0.1) is 11.3 Å². The SMILES string of the molecule is CCCNCc1sc(N(CCOC)C(C)C)nc1COC. The molecule has 1 rings (SSSR count). The van der Waals surface area contributed by atoms with Gasteiger partial charge in [0, 0.05) is 38.2 Å². The summed E-state index contributed by atoms with van der Waals surface area (Å²) in [6.07, 6.45) is 1.14. The topological polar surface area (TPSA) is 46.6 Å². The van der Waals surface area contributed by atoms with E-state index < -0.39 is 0 Å². The van der Waals surface area contributed by atoms with E-state index in [9.17, 15) is 0 Å². The third-order valence-electron chi connectivity index (χ3n) is 3.17. The van der Waals surface area contributed by atoms with Crippen molar-refractivity contribution >= 4 is 16.5 Å². The molecule has 0 spiro atoms. The maximum Gasteiger partial charge on any atom is 0.186 e. The van der Waals surface area contributed by atoms with Crippen LogP contribution < -0.4 is 10.2 Å². The Morgan fingerprint density at radius 1 is 1.29 bits per heavy atom. The van der Waals surface area contributed by atoms with Gasteiger partial charge in [0.25, 0.3) is 0 Å². The monoisotopic (exact) mass is 315 g/mol. The summed E-state index contributed by atoms with van der Waals surface area (Å²) < 4.78 is 10.5. The summed E-state index contributed by atoms with van der Waals surface area (Å²) in [4.78, 5) is 8.33. The van der Waals surface area contributed by atoms with Crippen LogP contribution in [0.3, 0.4) is 0 Å². The van der Waals surface area contributed by atoms with Crippen LogP contribution in [-0.4, -0.2) is 44.9 Å². The van der Waals surface area contributed by atoms with Crippen LogP contribution in [0.4, 0.5) is 5.13 Å². The lowest BCUT2D eigenvalue weighted by atomic mass is 10.3. The highest BCUT2D eigenvalue weighted by Gasteiger charge is 2.18. The van der Waals surface area contributed by atoms with Crippen LogP contribution in [-0.2, 0) is 22.6 Å². The number of nitrogens with zero attached hydrogens (tertiary/aromatic N) is 2. The molecule has 0 radical (unpaired) electrons. The second-order valence-electron chi connectivity index (χ2n) is 5.26. The molecule has 1 aromatic heterocycles. The quantitative estimate of drug-likeness (QED) is 0.636. The maximum absolute atomic E-state index is 5.28. The zero-order valence-electron chi connectivity index (χ0n) is 13.9. The molecule has 0 saturated carbocycles. The Kier molecular flexibility index (Phi) is 8.84. The molecule has 0 saturated heterocycles. The number of methoxy groups -OCH3 is 2. The summed E-state index contributed by atoms with van der Waals surface area (Å²) in [7, 11) is 3.45. The zero-order valence-corrected chi connectivity index (χ0v) is 14.8. The summed E-state index contributed by atoms with van der Waals surface area (Å²) in [6.45, 7) is 10.6. The molecule has 5 nitrogen and oxygen atoms in total. The van der Waals surface area contributed by atoms with Crippen molar-refractivity contribution in [2.75, 3.05) is 38.8 Å².